The quantitative estimate of drug-likeness (QED) is 0.668. The van der Waals surface area contributed by atoms with Crippen LogP contribution in [0, 0.1) is 0 Å². The molecule has 0 saturated heterocycles. The second-order valence-electron chi connectivity index (χ2n) is 4.21. The summed E-state index contributed by atoms with van der Waals surface area (Å²) >= 11 is 0. The van der Waals surface area contributed by atoms with Gasteiger partial charge in [-0.05, 0) is 30.7 Å². The fourth-order valence-corrected chi connectivity index (χ4v) is 2.46. The van der Waals surface area contributed by atoms with Crippen molar-refractivity contribution in [3.8, 4) is 5.75 Å². The lowest BCUT2D eigenvalue weighted by molar-refractivity contribution is -0.149. The van der Waals surface area contributed by atoms with Crippen LogP contribution in [0.4, 0.5) is 0 Å². The minimum Gasteiger partial charge on any atom is -0.494 e. The molecule has 7 nitrogen and oxygen atoms in total. The Bertz CT molecular complexity index is 555. The highest BCUT2D eigenvalue weighted by Crippen LogP contribution is 2.16. The highest BCUT2D eigenvalue weighted by atomic mass is 32.2. The van der Waals surface area contributed by atoms with Gasteiger partial charge in [-0.15, -0.1) is 0 Å². The maximum Gasteiger partial charge on any atom is 0.336 e. The number of sulfonamides is 1. The first-order valence-electron chi connectivity index (χ1n) is 6.39. The molecule has 0 aliphatic heterocycles. The minimum absolute atomic E-state index is 0.0171. The van der Waals surface area contributed by atoms with Crippen LogP contribution in [0.25, 0.3) is 0 Å². The lowest BCUT2D eigenvalue weighted by atomic mass is 10.3. The van der Waals surface area contributed by atoms with Gasteiger partial charge in [-0.1, -0.05) is 6.92 Å². The third kappa shape index (κ3) is 5.33. The van der Waals surface area contributed by atoms with Crippen molar-refractivity contribution < 1.29 is 27.8 Å². The summed E-state index contributed by atoms with van der Waals surface area (Å²) in [6.45, 7) is 2.06. The van der Waals surface area contributed by atoms with Crippen molar-refractivity contribution >= 4 is 16.0 Å². The van der Waals surface area contributed by atoms with E-state index >= 15 is 0 Å². The summed E-state index contributed by atoms with van der Waals surface area (Å²) in [6, 6.07) is 5.86. The second-order valence-corrected chi connectivity index (χ2v) is 5.98. The fourth-order valence-electron chi connectivity index (χ4n) is 1.43. The standard InChI is InChI=1S/C13H19NO6S/c1-3-8-20-10-4-6-11(7-5-10)21(17,18)14-9-12(15)13(16)19-2/h4-7,12,14-15H,3,8-9H2,1-2H3. The smallest absolute Gasteiger partial charge is 0.336 e. The predicted molar refractivity (Wildman–Crippen MR) is 75.4 cm³/mol. The van der Waals surface area contributed by atoms with E-state index in [0.29, 0.717) is 12.4 Å². The zero-order valence-electron chi connectivity index (χ0n) is 11.9. The van der Waals surface area contributed by atoms with E-state index in [9.17, 15) is 18.3 Å². The van der Waals surface area contributed by atoms with Crippen molar-refractivity contribution in [3.63, 3.8) is 0 Å². The van der Waals surface area contributed by atoms with E-state index in [2.05, 4.69) is 9.46 Å². The van der Waals surface area contributed by atoms with Gasteiger partial charge in [0.25, 0.3) is 0 Å². The van der Waals surface area contributed by atoms with Crippen molar-refractivity contribution in [3.05, 3.63) is 24.3 Å². The van der Waals surface area contributed by atoms with E-state index < -0.39 is 28.6 Å². The third-order valence-corrected chi connectivity index (χ3v) is 3.99. The van der Waals surface area contributed by atoms with Crippen LogP contribution < -0.4 is 9.46 Å². The molecule has 0 aliphatic carbocycles. The molecule has 0 bridgehead atoms. The summed E-state index contributed by atoms with van der Waals surface area (Å²) in [5, 5.41) is 9.35. The van der Waals surface area contributed by atoms with E-state index in [0.717, 1.165) is 13.5 Å². The van der Waals surface area contributed by atoms with Gasteiger partial charge in [0.2, 0.25) is 10.0 Å². The Labute approximate surface area is 123 Å². The first kappa shape index (κ1) is 17.4. The minimum atomic E-state index is -3.81. The Hall–Kier alpha value is -1.64. The lowest BCUT2D eigenvalue weighted by Gasteiger charge is -2.11. The number of ether oxygens (including phenoxy) is 2. The molecule has 0 fully saturated rings. The highest BCUT2D eigenvalue weighted by molar-refractivity contribution is 7.89. The molecule has 21 heavy (non-hydrogen) atoms. The number of methoxy groups -OCH3 is 1. The monoisotopic (exact) mass is 317 g/mol. The summed E-state index contributed by atoms with van der Waals surface area (Å²) < 4.78 is 35.7. The van der Waals surface area contributed by atoms with Gasteiger partial charge >= 0.3 is 5.97 Å². The SMILES string of the molecule is CCCOc1ccc(S(=O)(=O)NCC(O)C(=O)OC)cc1. The average Bonchev–Trinajstić information content (AvgIpc) is 2.50. The Kier molecular flexibility index (Phi) is 6.60. The molecule has 1 rings (SSSR count). The van der Waals surface area contributed by atoms with Gasteiger partial charge in [0.1, 0.15) is 5.75 Å². The molecule has 0 amide bonds. The molecule has 1 aromatic carbocycles. The summed E-state index contributed by atoms with van der Waals surface area (Å²) in [6.07, 6.45) is -0.690. The molecule has 0 heterocycles. The van der Waals surface area contributed by atoms with Crippen LogP contribution in [0.15, 0.2) is 29.2 Å². The molecule has 0 spiro atoms. The van der Waals surface area contributed by atoms with Crippen LogP contribution in [0.5, 0.6) is 5.75 Å². The molecule has 2 N–H and O–H groups in total. The maximum atomic E-state index is 12.0. The summed E-state index contributed by atoms with van der Waals surface area (Å²) in [4.78, 5) is 11.0. The number of esters is 1. The van der Waals surface area contributed by atoms with Crippen molar-refractivity contribution in [2.24, 2.45) is 0 Å². The van der Waals surface area contributed by atoms with Crippen molar-refractivity contribution in [2.45, 2.75) is 24.3 Å². The first-order valence-corrected chi connectivity index (χ1v) is 7.87. The van der Waals surface area contributed by atoms with Crippen LogP contribution in [-0.2, 0) is 19.6 Å². The number of aliphatic hydroxyl groups excluding tert-OH is 1. The van der Waals surface area contributed by atoms with Crippen molar-refractivity contribution in [1.82, 2.24) is 4.72 Å². The molecule has 0 saturated carbocycles. The van der Waals surface area contributed by atoms with Gasteiger partial charge < -0.3 is 14.6 Å². The molecule has 118 valence electrons. The zero-order valence-corrected chi connectivity index (χ0v) is 12.7. The molecule has 1 unspecified atom stereocenters. The Balaban J connectivity index is 2.68. The first-order chi connectivity index (χ1) is 9.90. The van der Waals surface area contributed by atoms with Crippen LogP contribution in [-0.4, -0.2) is 45.9 Å². The van der Waals surface area contributed by atoms with E-state index in [1.165, 1.54) is 12.1 Å². The van der Waals surface area contributed by atoms with Crippen molar-refractivity contribution in [1.29, 1.82) is 0 Å². The summed E-state index contributed by atoms with van der Waals surface area (Å²) in [7, 11) is -2.70. The van der Waals surface area contributed by atoms with E-state index in [-0.39, 0.29) is 4.90 Å². The molecule has 1 atom stereocenters. The fraction of sp³-hybridized carbons (Fsp3) is 0.462. The number of nitrogens with one attached hydrogen (secondary N) is 1. The Morgan fingerprint density at radius 1 is 1.33 bits per heavy atom. The number of hydrogen-bond acceptors (Lipinski definition) is 6. The van der Waals surface area contributed by atoms with Gasteiger partial charge in [0, 0.05) is 6.54 Å². The van der Waals surface area contributed by atoms with E-state index in [1.807, 2.05) is 6.92 Å². The van der Waals surface area contributed by atoms with Gasteiger partial charge in [-0.3, -0.25) is 0 Å². The average molecular weight is 317 g/mol. The van der Waals surface area contributed by atoms with Crippen molar-refractivity contribution in [2.75, 3.05) is 20.3 Å². The summed E-state index contributed by atoms with van der Waals surface area (Å²) in [5.74, 6) is -0.327. The van der Waals surface area contributed by atoms with E-state index in [1.54, 1.807) is 12.1 Å². The molecular weight excluding hydrogens is 298 g/mol. The second kappa shape index (κ2) is 7.96. The van der Waals surface area contributed by atoms with Gasteiger partial charge in [0.15, 0.2) is 6.10 Å². The molecule has 1 aromatic rings. The largest absolute Gasteiger partial charge is 0.494 e. The summed E-state index contributed by atoms with van der Waals surface area (Å²) in [5.41, 5.74) is 0. The third-order valence-electron chi connectivity index (χ3n) is 2.55. The predicted octanol–water partition coefficient (Wildman–Crippen LogP) is 0.288. The Morgan fingerprint density at radius 3 is 2.48 bits per heavy atom. The highest BCUT2D eigenvalue weighted by Gasteiger charge is 2.20. The number of benzene rings is 1. The lowest BCUT2D eigenvalue weighted by Crippen LogP contribution is -2.37. The topological polar surface area (TPSA) is 102 Å². The number of hydrogen-bond donors (Lipinski definition) is 2. The van der Waals surface area contributed by atoms with Gasteiger partial charge in [-0.2, -0.15) is 0 Å². The van der Waals surface area contributed by atoms with Crippen LogP contribution in [0.2, 0.25) is 0 Å². The number of rotatable bonds is 8. The molecule has 0 radical (unpaired) electrons. The Morgan fingerprint density at radius 2 is 1.95 bits per heavy atom. The molecule has 0 aliphatic rings. The van der Waals surface area contributed by atoms with Crippen LogP contribution in [0.1, 0.15) is 13.3 Å². The number of carbonyl (C=O) groups is 1. The number of aliphatic hydroxyl groups is 1. The molecule has 8 heteroatoms. The van der Waals surface area contributed by atoms with Gasteiger partial charge in [-0.25, -0.2) is 17.9 Å². The number of carbonyl (C=O) groups excluding carboxylic acids is 1. The molecule has 0 aromatic heterocycles. The molecular formula is C13H19NO6S. The van der Waals surface area contributed by atoms with Gasteiger partial charge in [0.05, 0.1) is 18.6 Å². The van der Waals surface area contributed by atoms with Crippen LogP contribution in [0.3, 0.4) is 0 Å². The van der Waals surface area contributed by atoms with Crippen LogP contribution >= 0.6 is 0 Å². The van der Waals surface area contributed by atoms with E-state index in [4.69, 9.17) is 4.74 Å². The zero-order chi connectivity index (χ0) is 15.9. The maximum absolute atomic E-state index is 12.0. The normalized spacial score (nSPS) is 12.7.